The molecule has 1 aliphatic rings. The van der Waals surface area contributed by atoms with Gasteiger partial charge in [-0.1, -0.05) is 60.7 Å². The molecule has 30 heavy (non-hydrogen) atoms. The van der Waals surface area contributed by atoms with Gasteiger partial charge in [-0.05, 0) is 42.2 Å². The van der Waals surface area contributed by atoms with Crippen LogP contribution in [0.2, 0.25) is 0 Å². The molecule has 0 radical (unpaired) electrons. The third-order valence-electron chi connectivity index (χ3n) is 5.26. The fourth-order valence-corrected chi connectivity index (χ4v) is 3.42. The predicted octanol–water partition coefficient (Wildman–Crippen LogP) is 4.41. The molecule has 0 spiro atoms. The lowest BCUT2D eigenvalue weighted by Crippen LogP contribution is -2.41. The van der Waals surface area contributed by atoms with Crippen molar-refractivity contribution in [1.82, 2.24) is 10.2 Å². The monoisotopic (exact) mass is 402 g/mol. The fourth-order valence-electron chi connectivity index (χ4n) is 3.42. The fraction of sp³-hybridized carbons (Fsp3) is 0.200. The van der Waals surface area contributed by atoms with Crippen molar-refractivity contribution in [2.75, 3.05) is 6.54 Å². The van der Waals surface area contributed by atoms with E-state index in [2.05, 4.69) is 5.32 Å². The minimum atomic E-state index is -0.321. The van der Waals surface area contributed by atoms with E-state index in [9.17, 15) is 14.0 Å². The molecule has 1 fully saturated rings. The lowest BCUT2D eigenvalue weighted by atomic mass is 10.0. The highest BCUT2D eigenvalue weighted by Gasteiger charge is 2.33. The Balaban J connectivity index is 1.36. The summed E-state index contributed by atoms with van der Waals surface area (Å²) in [6, 6.07) is 23.8. The molecule has 3 aromatic carbocycles. The molecule has 1 aliphatic carbocycles. The van der Waals surface area contributed by atoms with Gasteiger partial charge in [0.15, 0.2) is 0 Å². The van der Waals surface area contributed by atoms with E-state index in [1.54, 1.807) is 35.2 Å². The Kier molecular flexibility index (Phi) is 5.89. The minimum absolute atomic E-state index is 0.107. The third kappa shape index (κ3) is 4.74. The molecule has 0 aliphatic heterocycles. The van der Waals surface area contributed by atoms with Gasteiger partial charge in [0, 0.05) is 23.7 Å². The topological polar surface area (TPSA) is 49.4 Å². The summed E-state index contributed by atoms with van der Waals surface area (Å²) in [6.45, 7) is 0.113. The molecule has 4 rings (SSSR count). The molecule has 4 nitrogen and oxygen atoms in total. The number of nitrogens with zero attached hydrogens (tertiary/aromatic N) is 1. The lowest BCUT2D eigenvalue weighted by Gasteiger charge is -2.23. The van der Waals surface area contributed by atoms with Crippen LogP contribution in [-0.4, -0.2) is 29.3 Å². The molecule has 1 N–H and O–H groups in total. The van der Waals surface area contributed by atoms with E-state index < -0.39 is 0 Å². The predicted molar refractivity (Wildman–Crippen MR) is 114 cm³/mol. The second-order valence-corrected chi connectivity index (χ2v) is 7.47. The summed E-state index contributed by atoms with van der Waals surface area (Å²) >= 11 is 0. The Morgan fingerprint density at radius 2 is 1.50 bits per heavy atom. The zero-order valence-electron chi connectivity index (χ0n) is 16.6. The van der Waals surface area contributed by atoms with Gasteiger partial charge in [0.05, 0.1) is 6.54 Å². The molecule has 0 bridgehead atoms. The van der Waals surface area contributed by atoms with Crippen LogP contribution in [0, 0.1) is 5.82 Å². The Morgan fingerprint density at radius 3 is 2.17 bits per heavy atom. The highest BCUT2D eigenvalue weighted by Crippen LogP contribution is 2.29. The van der Waals surface area contributed by atoms with E-state index >= 15 is 0 Å². The summed E-state index contributed by atoms with van der Waals surface area (Å²) in [5.41, 5.74) is 3.08. The zero-order valence-corrected chi connectivity index (χ0v) is 16.6. The first-order chi connectivity index (χ1) is 14.6. The van der Waals surface area contributed by atoms with Gasteiger partial charge in [-0.2, -0.15) is 0 Å². The van der Waals surface area contributed by atoms with E-state index in [4.69, 9.17) is 0 Å². The largest absolute Gasteiger partial charge is 0.343 e. The first-order valence-electron chi connectivity index (χ1n) is 10.1. The van der Waals surface area contributed by atoms with Crippen molar-refractivity contribution in [3.05, 3.63) is 95.8 Å². The first-order valence-corrected chi connectivity index (χ1v) is 10.1. The summed E-state index contributed by atoms with van der Waals surface area (Å²) in [6.07, 6.45) is 1.82. The van der Waals surface area contributed by atoms with Crippen LogP contribution in [0.5, 0.6) is 0 Å². The molecule has 5 heteroatoms. The maximum Gasteiger partial charge on any atom is 0.251 e. The second-order valence-electron chi connectivity index (χ2n) is 7.47. The molecule has 152 valence electrons. The highest BCUT2D eigenvalue weighted by molar-refractivity contribution is 5.96. The summed E-state index contributed by atoms with van der Waals surface area (Å²) in [5.74, 6) is -0.821. The number of hydrogen-bond donors (Lipinski definition) is 1. The maximum atomic E-state index is 14.0. The third-order valence-corrected chi connectivity index (χ3v) is 5.26. The number of carbonyl (C=O) groups excluding carboxylic acids is 2. The smallest absolute Gasteiger partial charge is 0.251 e. The average Bonchev–Trinajstić information content (AvgIpc) is 3.62. The summed E-state index contributed by atoms with van der Waals surface area (Å²) in [7, 11) is 0. The zero-order chi connectivity index (χ0) is 20.9. The number of nitrogens with one attached hydrogen (secondary N) is 1. The molecular formula is C25H23FN2O2. The second kappa shape index (κ2) is 8.91. The van der Waals surface area contributed by atoms with Crippen LogP contribution in [0.4, 0.5) is 4.39 Å². The molecule has 0 atom stereocenters. The number of halogens is 1. The van der Waals surface area contributed by atoms with Gasteiger partial charge in [0.25, 0.3) is 5.91 Å². The summed E-state index contributed by atoms with van der Waals surface area (Å²) in [5, 5.41) is 2.70. The molecule has 0 heterocycles. The van der Waals surface area contributed by atoms with Gasteiger partial charge < -0.3 is 10.2 Å². The van der Waals surface area contributed by atoms with Crippen molar-refractivity contribution in [3.8, 4) is 11.1 Å². The quantitative estimate of drug-likeness (QED) is 0.636. The van der Waals surface area contributed by atoms with Crippen LogP contribution in [0.3, 0.4) is 0 Å². The van der Waals surface area contributed by atoms with Crippen LogP contribution in [0.15, 0.2) is 78.9 Å². The van der Waals surface area contributed by atoms with Gasteiger partial charge >= 0.3 is 0 Å². The molecule has 0 saturated heterocycles. The molecule has 2 amide bonds. The Hall–Kier alpha value is -3.47. The van der Waals surface area contributed by atoms with E-state index in [1.807, 2.05) is 42.5 Å². The Bertz CT molecular complexity index is 1030. The standard InChI is InChI=1S/C25H23FN2O2/c26-23-9-5-4-8-21(23)17-28(22-14-15-22)24(29)16-27-25(30)20-12-10-19(11-13-20)18-6-2-1-3-7-18/h1-13,22H,14-17H2,(H,27,30). The summed E-state index contributed by atoms with van der Waals surface area (Å²) < 4.78 is 14.0. The van der Waals surface area contributed by atoms with Crippen LogP contribution in [-0.2, 0) is 11.3 Å². The summed E-state index contributed by atoms with van der Waals surface area (Å²) in [4.78, 5) is 26.8. The van der Waals surface area contributed by atoms with E-state index in [-0.39, 0.29) is 36.8 Å². The van der Waals surface area contributed by atoms with Crippen molar-refractivity contribution < 1.29 is 14.0 Å². The van der Waals surface area contributed by atoms with E-state index in [0.717, 1.165) is 24.0 Å². The first kappa shape index (κ1) is 19.8. The number of carbonyl (C=O) groups is 2. The maximum absolute atomic E-state index is 14.0. The van der Waals surface area contributed by atoms with Crippen LogP contribution < -0.4 is 5.32 Å². The molecular weight excluding hydrogens is 379 g/mol. The number of hydrogen-bond acceptors (Lipinski definition) is 2. The van der Waals surface area contributed by atoms with Gasteiger partial charge in [0.2, 0.25) is 5.91 Å². The van der Waals surface area contributed by atoms with Crippen molar-refractivity contribution in [2.45, 2.75) is 25.4 Å². The number of rotatable bonds is 7. The van der Waals surface area contributed by atoms with Crippen LogP contribution >= 0.6 is 0 Å². The molecule has 0 aromatic heterocycles. The number of amides is 2. The van der Waals surface area contributed by atoms with E-state index in [0.29, 0.717) is 11.1 Å². The van der Waals surface area contributed by atoms with E-state index in [1.165, 1.54) is 6.07 Å². The van der Waals surface area contributed by atoms with Gasteiger partial charge in [0.1, 0.15) is 5.82 Å². The van der Waals surface area contributed by atoms with Crippen molar-refractivity contribution in [1.29, 1.82) is 0 Å². The van der Waals surface area contributed by atoms with Crippen molar-refractivity contribution in [3.63, 3.8) is 0 Å². The minimum Gasteiger partial charge on any atom is -0.343 e. The van der Waals surface area contributed by atoms with Gasteiger partial charge in [-0.25, -0.2) is 4.39 Å². The van der Waals surface area contributed by atoms with Crippen molar-refractivity contribution >= 4 is 11.8 Å². The normalized spacial score (nSPS) is 13.0. The van der Waals surface area contributed by atoms with Gasteiger partial charge in [-0.3, -0.25) is 9.59 Å². The number of benzene rings is 3. The SMILES string of the molecule is O=C(NCC(=O)N(Cc1ccccc1F)C1CC1)c1ccc(-c2ccccc2)cc1. The molecule has 1 saturated carbocycles. The molecule has 3 aromatic rings. The van der Waals surface area contributed by atoms with Crippen LogP contribution in [0.25, 0.3) is 11.1 Å². The Morgan fingerprint density at radius 1 is 0.867 bits per heavy atom. The van der Waals surface area contributed by atoms with Gasteiger partial charge in [-0.15, -0.1) is 0 Å². The van der Waals surface area contributed by atoms with Crippen molar-refractivity contribution in [2.24, 2.45) is 0 Å². The highest BCUT2D eigenvalue weighted by atomic mass is 19.1. The lowest BCUT2D eigenvalue weighted by molar-refractivity contribution is -0.131. The van der Waals surface area contributed by atoms with Crippen LogP contribution in [0.1, 0.15) is 28.8 Å². The average molecular weight is 402 g/mol. The molecule has 0 unspecified atom stereocenters. The Labute approximate surface area is 175 Å².